The van der Waals surface area contributed by atoms with Gasteiger partial charge < -0.3 is 10.6 Å². The minimum atomic E-state index is -3.57. The fourth-order valence-corrected chi connectivity index (χ4v) is 8.07. The molecular weight excluding hydrogens is 642 g/mol. The van der Waals surface area contributed by atoms with Gasteiger partial charge in [-0.25, -0.2) is 13.4 Å². The summed E-state index contributed by atoms with van der Waals surface area (Å²) in [5.74, 6) is -0.184. The largest absolute Gasteiger partial charge is 0.345 e. The summed E-state index contributed by atoms with van der Waals surface area (Å²) in [4.78, 5) is 30.3. The Labute approximate surface area is 266 Å². The van der Waals surface area contributed by atoms with Crippen LogP contribution < -0.4 is 10.6 Å². The van der Waals surface area contributed by atoms with E-state index >= 15 is 0 Å². The van der Waals surface area contributed by atoms with Crippen LogP contribution in [0.5, 0.6) is 0 Å². The lowest BCUT2D eigenvalue weighted by Crippen LogP contribution is -2.28. The summed E-state index contributed by atoms with van der Waals surface area (Å²) < 4.78 is 29.8. The van der Waals surface area contributed by atoms with Crippen LogP contribution in [0.2, 0.25) is 5.02 Å². The van der Waals surface area contributed by atoms with Gasteiger partial charge in [-0.15, -0.1) is 10.2 Å². The zero-order valence-electron chi connectivity index (χ0n) is 23.1. The predicted octanol–water partition coefficient (Wildman–Crippen LogP) is 4.98. The third-order valence-electron chi connectivity index (χ3n) is 6.87. The van der Waals surface area contributed by atoms with Crippen molar-refractivity contribution in [1.82, 2.24) is 29.4 Å². The van der Waals surface area contributed by atoms with E-state index in [4.69, 9.17) is 11.6 Å². The molecule has 0 spiro atoms. The number of halogens is 1. The monoisotopic (exact) mass is 667 g/mol. The second-order valence-corrected chi connectivity index (χ2v) is 14.2. The van der Waals surface area contributed by atoms with Crippen molar-refractivity contribution in [3.63, 3.8) is 0 Å². The summed E-state index contributed by atoms with van der Waals surface area (Å²) in [6.07, 6.45) is 1.69. The normalized spacial score (nSPS) is 13.8. The van der Waals surface area contributed by atoms with Crippen LogP contribution in [0.1, 0.15) is 29.0 Å². The topological polar surface area (TPSA) is 139 Å². The van der Waals surface area contributed by atoms with Gasteiger partial charge >= 0.3 is 0 Å². The highest BCUT2D eigenvalue weighted by Crippen LogP contribution is 2.27. The van der Waals surface area contributed by atoms with E-state index in [1.54, 1.807) is 22.8 Å². The number of rotatable bonds is 10. The molecule has 0 radical (unpaired) electrons. The molecule has 1 aliphatic rings. The maximum Gasteiger partial charge on any atom is 0.251 e. The molecule has 15 heteroatoms. The Bertz CT molecular complexity index is 1900. The Kier molecular flexibility index (Phi) is 8.96. The average Bonchev–Trinajstić information content (AvgIpc) is 3.79. The Morgan fingerprint density at radius 2 is 1.75 bits per heavy atom. The standard InChI is InChI=1S/C29H26ClN7O4S3/c30-20-6-5-7-21(16-20)37-25(17-31-27(39)19-10-12-22(13-11-19)44(40,41)36-14-3-4-15-36)34-35-29(37)42-18-26(38)33-28-32-23-8-1-2-9-24(23)43-28/h1-2,5-13,16H,3-4,14-15,17-18H2,(H,31,39)(H,32,33,38). The Morgan fingerprint density at radius 1 is 0.977 bits per heavy atom. The first kappa shape index (κ1) is 30.2. The van der Waals surface area contributed by atoms with Crippen molar-refractivity contribution in [3.8, 4) is 5.69 Å². The number of nitrogens with zero attached hydrogens (tertiary/aromatic N) is 5. The fourth-order valence-electron chi connectivity index (χ4n) is 4.71. The number of para-hydroxylation sites is 1. The molecular formula is C29H26ClN7O4S3. The zero-order valence-corrected chi connectivity index (χ0v) is 26.3. The molecule has 0 aliphatic carbocycles. The maximum atomic E-state index is 13.0. The number of carbonyl (C=O) groups excluding carboxylic acids is 2. The van der Waals surface area contributed by atoms with Crippen molar-refractivity contribution in [2.75, 3.05) is 24.2 Å². The number of aromatic nitrogens is 4. The minimum Gasteiger partial charge on any atom is -0.345 e. The zero-order chi connectivity index (χ0) is 30.7. The smallest absolute Gasteiger partial charge is 0.251 e. The first-order chi connectivity index (χ1) is 21.3. The number of amides is 2. The van der Waals surface area contributed by atoms with E-state index in [1.165, 1.54) is 51.7 Å². The number of hydrogen-bond acceptors (Lipinski definition) is 9. The van der Waals surface area contributed by atoms with Crippen LogP contribution in [0.15, 0.2) is 82.8 Å². The molecule has 5 aromatic rings. The van der Waals surface area contributed by atoms with Crippen LogP contribution in [0.3, 0.4) is 0 Å². The molecule has 2 amide bonds. The molecule has 1 aliphatic heterocycles. The third kappa shape index (κ3) is 6.64. The Hall–Kier alpha value is -3.82. The number of thiazole rings is 1. The molecule has 6 rings (SSSR count). The molecule has 0 atom stereocenters. The van der Waals surface area contributed by atoms with E-state index < -0.39 is 15.9 Å². The number of thioether (sulfide) groups is 1. The molecule has 1 fully saturated rings. The molecule has 3 heterocycles. The second kappa shape index (κ2) is 13.0. The highest BCUT2D eigenvalue weighted by Gasteiger charge is 2.27. The minimum absolute atomic E-state index is 0.0185. The second-order valence-electron chi connectivity index (χ2n) is 9.86. The van der Waals surface area contributed by atoms with Crippen LogP contribution in [0, 0.1) is 0 Å². The molecule has 0 bridgehead atoms. The van der Waals surface area contributed by atoms with Crippen molar-refractivity contribution < 1.29 is 18.0 Å². The summed E-state index contributed by atoms with van der Waals surface area (Å²) in [5, 5.41) is 15.7. The lowest BCUT2D eigenvalue weighted by molar-refractivity contribution is -0.113. The van der Waals surface area contributed by atoms with E-state index in [0.717, 1.165) is 23.1 Å². The third-order valence-corrected chi connectivity index (χ3v) is 10.9. The van der Waals surface area contributed by atoms with Crippen LogP contribution in [0.25, 0.3) is 15.9 Å². The highest BCUT2D eigenvalue weighted by molar-refractivity contribution is 7.99. The van der Waals surface area contributed by atoms with Gasteiger partial charge in [0.25, 0.3) is 5.91 Å². The van der Waals surface area contributed by atoms with E-state index in [-0.39, 0.29) is 23.1 Å². The quantitative estimate of drug-likeness (QED) is 0.199. The maximum absolute atomic E-state index is 13.0. The van der Waals surface area contributed by atoms with E-state index in [2.05, 4.69) is 25.8 Å². The van der Waals surface area contributed by atoms with Gasteiger partial charge in [0.2, 0.25) is 15.9 Å². The van der Waals surface area contributed by atoms with Crippen molar-refractivity contribution in [2.24, 2.45) is 0 Å². The van der Waals surface area contributed by atoms with Gasteiger partial charge in [0.15, 0.2) is 16.1 Å². The molecule has 2 aromatic heterocycles. The van der Waals surface area contributed by atoms with Crippen molar-refractivity contribution >= 4 is 71.9 Å². The van der Waals surface area contributed by atoms with Gasteiger partial charge in [0.1, 0.15) is 0 Å². The number of anilines is 1. The van der Waals surface area contributed by atoms with Gasteiger partial charge in [-0.2, -0.15) is 4.31 Å². The highest BCUT2D eigenvalue weighted by atomic mass is 35.5. The Morgan fingerprint density at radius 3 is 2.50 bits per heavy atom. The number of sulfonamides is 1. The summed E-state index contributed by atoms with van der Waals surface area (Å²) >= 11 is 8.85. The van der Waals surface area contributed by atoms with Crippen molar-refractivity contribution in [1.29, 1.82) is 0 Å². The van der Waals surface area contributed by atoms with Gasteiger partial charge in [-0.05, 0) is 67.4 Å². The first-order valence-corrected chi connectivity index (χ1v) is 17.3. The molecule has 226 valence electrons. The summed E-state index contributed by atoms with van der Waals surface area (Å²) in [7, 11) is -3.57. The molecule has 44 heavy (non-hydrogen) atoms. The molecule has 0 unspecified atom stereocenters. The lowest BCUT2D eigenvalue weighted by Gasteiger charge is -2.15. The first-order valence-electron chi connectivity index (χ1n) is 13.6. The molecule has 0 saturated carbocycles. The van der Waals surface area contributed by atoms with E-state index in [9.17, 15) is 18.0 Å². The van der Waals surface area contributed by atoms with Crippen molar-refractivity contribution in [3.05, 3.63) is 89.2 Å². The van der Waals surface area contributed by atoms with Gasteiger partial charge in [0.05, 0.1) is 33.1 Å². The number of fused-ring (bicyclic) bond motifs is 1. The predicted molar refractivity (Wildman–Crippen MR) is 171 cm³/mol. The number of nitrogens with one attached hydrogen (secondary N) is 2. The van der Waals surface area contributed by atoms with Crippen LogP contribution in [-0.4, -0.2) is 63.1 Å². The van der Waals surface area contributed by atoms with Crippen molar-refractivity contribution in [2.45, 2.75) is 29.4 Å². The van der Waals surface area contributed by atoms with Gasteiger partial charge in [-0.3, -0.25) is 14.2 Å². The number of hydrogen-bond donors (Lipinski definition) is 2. The average molecular weight is 668 g/mol. The van der Waals surface area contributed by atoms with Crippen LogP contribution in [0.4, 0.5) is 5.13 Å². The van der Waals surface area contributed by atoms with E-state index in [0.29, 0.717) is 45.5 Å². The van der Waals surface area contributed by atoms with Crippen LogP contribution in [-0.2, 0) is 21.4 Å². The molecule has 11 nitrogen and oxygen atoms in total. The fraction of sp³-hybridized carbons (Fsp3) is 0.207. The van der Waals surface area contributed by atoms with E-state index in [1.807, 2.05) is 30.3 Å². The molecule has 1 saturated heterocycles. The van der Waals surface area contributed by atoms with Gasteiger partial charge in [0, 0.05) is 23.7 Å². The lowest BCUT2D eigenvalue weighted by atomic mass is 10.2. The summed E-state index contributed by atoms with van der Waals surface area (Å²) in [6.45, 7) is 1.03. The summed E-state index contributed by atoms with van der Waals surface area (Å²) in [5.41, 5.74) is 1.79. The Balaban J connectivity index is 1.14. The molecule has 3 aromatic carbocycles. The SMILES string of the molecule is O=C(CSc1nnc(CNC(=O)c2ccc(S(=O)(=O)N3CCCC3)cc2)n1-c1cccc(Cl)c1)Nc1nc2ccccc2s1. The van der Waals surface area contributed by atoms with Gasteiger partial charge in [-0.1, -0.05) is 52.9 Å². The number of benzene rings is 3. The van der Waals surface area contributed by atoms with Crippen LogP contribution >= 0.6 is 34.7 Å². The summed E-state index contributed by atoms with van der Waals surface area (Å²) in [6, 6.07) is 20.6. The number of carbonyl (C=O) groups is 2. The molecule has 2 N–H and O–H groups in total.